The van der Waals surface area contributed by atoms with E-state index in [1.165, 1.54) is 7.11 Å². The minimum absolute atomic E-state index is 0.0562. The number of ether oxygens (including phenoxy) is 3. The molecule has 3 aromatic carbocycles. The number of aryl methyl sites for hydroxylation is 1. The van der Waals surface area contributed by atoms with Gasteiger partial charge in [0, 0.05) is 22.9 Å². The Bertz CT molecular complexity index is 1410. The Morgan fingerprint density at radius 3 is 2.50 bits per heavy atom. The van der Waals surface area contributed by atoms with Crippen molar-refractivity contribution in [2.75, 3.05) is 13.7 Å². The molecule has 1 aromatic heterocycles. The van der Waals surface area contributed by atoms with Crippen LogP contribution in [0.15, 0.2) is 69.9 Å². The number of hydrogen-bond donors (Lipinski definition) is 1. The molecule has 0 fully saturated rings. The monoisotopic (exact) mass is 461 g/mol. The van der Waals surface area contributed by atoms with Crippen LogP contribution in [0, 0.1) is 6.92 Å². The van der Waals surface area contributed by atoms with E-state index in [0.29, 0.717) is 27.7 Å². The van der Waals surface area contributed by atoms with E-state index in [-0.39, 0.29) is 25.3 Å². The van der Waals surface area contributed by atoms with E-state index in [1.807, 2.05) is 30.3 Å². The zero-order valence-electron chi connectivity index (χ0n) is 18.8. The summed E-state index contributed by atoms with van der Waals surface area (Å²) in [6.45, 7) is 1.91. The van der Waals surface area contributed by atoms with E-state index < -0.39 is 17.7 Å². The second-order valence-electron chi connectivity index (χ2n) is 7.58. The molecule has 0 aliphatic heterocycles. The Balaban J connectivity index is 1.39. The van der Waals surface area contributed by atoms with Gasteiger partial charge in [-0.25, -0.2) is 9.59 Å². The lowest BCUT2D eigenvalue weighted by atomic mass is 10.0. The van der Waals surface area contributed by atoms with Crippen LogP contribution in [0.5, 0.6) is 11.5 Å². The second-order valence-corrected chi connectivity index (χ2v) is 7.58. The molecule has 174 valence electrons. The molecule has 0 aliphatic rings. The van der Waals surface area contributed by atoms with Crippen molar-refractivity contribution in [2.45, 2.75) is 20.0 Å². The Morgan fingerprint density at radius 1 is 0.971 bits per heavy atom. The smallest absolute Gasteiger partial charge is 0.407 e. The van der Waals surface area contributed by atoms with Crippen molar-refractivity contribution in [3.8, 4) is 11.5 Å². The van der Waals surface area contributed by atoms with Gasteiger partial charge >= 0.3 is 17.7 Å². The van der Waals surface area contributed by atoms with Crippen molar-refractivity contribution >= 4 is 33.8 Å². The maximum absolute atomic E-state index is 12.5. The Labute approximate surface area is 195 Å². The van der Waals surface area contributed by atoms with Crippen molar-refractivity contribution in [3.05, 3.63) is 82.2 Å². The highest BCUT2D eigenvalue weighted by Crippen LogP contribution is 2.32. The summed E-state index contributed by atoms with van der Waals surface area (Å²) >= 11 is 0. The van der Waals surface area contributed by atoms with Gasteiger partial charge in [0.1, 0.15) is 23.7 Å². The van der Waals surface area contributed by atoms with Gasteiger partial charge in [0.15, 0.2) is 0 Å². The van der Waals surface area contributed by atoms with Crippen LogP contribution in [-0.2, 0) is 16.1 Å². The molecule has 1 heterocycles. The largest absolute Gasteiger partial charge is 0.497 e. The van der Waals surface area contributed by atoms with Gasteiger partial charge in [-0.2, -0.15) is 0 Å². The molecule has 4 aromatic rings. The van der Waals surface area contributed by atoms with Gasteiger partial charge in [-0.1, -0.05) is 30.3 Å². The van der Waals surface area contributed by atoms with Crippen LogP contribution in [0.1, 0.15) is 17.5 Å². The number of hydrogen-bond acceptors (Lipinski definition) is 7. The van der Waals surface area contributed by atoms with Crippen molar-refractivity contribution in [3.63, 3.8) is 0 Å². The van der Waals surface area contributed by atoms with Crippen LogP contribution in [0.3, 0.4) is 0 Å². The van der Waals surface area contributed by atoms with Gasteiger partial charge in [0.25, 0.3) is 0 Å². The van der Waals surface area contributed by atoms with Gasteiger partial charge in [-0.15, -0.1) is 0 Å². The Kier molecular flexibility index (Phi) is 6.77. The number of amides is 1. The molecule has 0 spiro atoms. The quantitative estimate of drug-likeness (QED) is 0.187. The lowest BCUT2D eigenvalue weighted by Crippen LogP contribution is -2.27. The highest BCUT2D eigenvalue weighted by Gasteiger charge is 2.15. The SMILES string of the molecule is COc1ccc2c(c1)c(=O)oc1c(C)c(OC(=O)CCNC(=O)OCc3ccccc3)ccc12. The maximum Gasteiger partial charge on any atom is 0.407 e. The topological polar surface area (TPSA) is 104 Å². The molecule has 0 saturated heterocycles. The van der Waals surface area contributed by atoms with Gasteiger partial charge < -0.3 is 23.9 Å². The van der Waals surface area contributed by atoms with Crippen LogP contribution in [0.25, 0.3) is 21.7 Å². The van der Waals surface area contributed by atoms with Gasteiger partial charge in [0.2, 0.25) is 0 Å². The summed E-state index contributed by atoms with van der Waals surface area (Å²) in [5, 5.41) is 4.36. The normalized spacial score (nSPS) is 10.8. The fourth-order valence-corrected chi connectivity index (χ4v) is 3.54. The number of nitrogens with one attached hydrogen (secondary N) is 1. The van der Waals surface area contributed by atoms with Crippen LogP contribution < -0.4 is 20.4 Å². The van der Waals surface area contributed by atoms with E-state index in [4.69, 9.17) is 18.6 Å². The fraction of sp³-hybridized carbons (Fsp3) is 0.192. The number of carbonyl (C=O) groups excluding carboxylic acids is 2. The molecule has 0 unspecified atom stereocenters. The second kappa shape index (κ2) is 10.1. The summed E-state index contributed by atoms with van der Waals surface area (Å²) in [4.78, 5) is 36.6. The van der Waals surface area contributed by atoms with E-state index >= 15 is 0 Å². The molecule has 1 N–H and O–H groups in total. The van der Waals surface area contributed by atoms with E-state index in [0.717, 1.165) is 10.9 Å². The summed E-state index contributed by atoms with van der Waals surface area (Å²) < 4.78 is 21.3. The third-order valence-corrected chi connectivity index (χ3v) is 5.32. The molecule has 0 aliphatic carbocycles. The molecule has 34 heavy (non-hydrogen) atoms. The number of esters is 1. The average Bonchev–Trinajstić information content (AvgIpc) is 2.85. The number of carbonyl (C=O) groups is 2. The lowest BCUT2D eigenvalue weighted by Gasteiger charge is -2.11. The molecule has 0 saturated carbocycles. The number of methoxy groups -OCH3 is 1. The first-order valence-corrected chi connectivity index (χ1v) is 10.7. The molecular formula is C26H23NO7. The maximum atomic E-state index is 12.5. The minimum Gasteiger partial charge on any atom is -0.497 e. The first kappa shape index (κ1) is 22.8. The first-order valence-electron chi connectivity index (χ1n) is 10.7. The van der Waals surface area contributed by atoms with E-state index in [9.17, 15) is 14.4 Å². The Hall–Kier alpha value is -4.33. The van der Waals surface area contributed by atoms with Crippen LogP contribution in [0.4, 0.5) is 4.79 Å². The minimum atomic E-state index is -0.621. The average molecular weight is 461 g/mol. The molecule has 8 heteroatoms. The van der Waals surface area contributed by atoms with Crippen LogP contribution in [0.2, 0.25) is 0 Å². The van der Waals surface area contributed by atoms with Crippen molar-refractivity contribution in [1.82, 2.24) is 5.32 Å². The first-order chi connectivity index (χ1) is 16.5. The van der Waals surface area contributed by atoms with Crippen LogP contribution in [-0.4, -0.2) is 25.7 Å². The molecular weight excluding hydrogens is 438 g/mol. The molecule has 0 bridgehead atoms. The third kappa shape index (κ3) is 5.01. The summed E-state index contributed by atoms with van der Waals surface area (Å²) in [5.74, 6) is 0.290. The number of rotatable bonds is 7. The fourth-order valence-electron chi connectivity index (χ4n) is 3.54. The molecule has 0 atom stereocenters. The van der Waals surface area contributed by atoms with Crippen molar-refractivity contribution < 1.29 is 28.2 Å². The lowest BCUT2D eigenvalue weighted by molar-refractivity contribution is -0.134. The predicted octanol–water partition coefficient (Wildman–Crippen LogP) is 4.49. The molecule has 1 amide bonds. The van der Waals surface area contributed by atoms with Crippen molar-refractivity contribution in [1.29, 1.82) is 0 Å². The molecule has 4 rings (SSSR count). The number of benzene rings is 3. The Morgan fingerprint density at radius 2 is 1.74 bits per heavy atom. The van der Waals surface area contributed by atoms with Crippen molar-refractivity contribution in [2.24, 2.45) is 0 Å². The zero-order chi connectivity index (χ0) is 24.1. The summed E-state index contributed by atoms with van der Waals surface area (Å²) in [6, 6.07) is 17.8. The van der Waals surface area contributed by atoms with Gasteiger partial charge in [0.05, 0.1) is 18.9 Å². The summed E-state index contributed by atoms with van der Waals surface area (Å²) in [6.07, 6.45) is -0.678. The zero-order valence-corrected chi connectivity index (χ0v) is 18.8. The van der Waals surface area contributed by atoms with Gasteiger partial charge in [-0.05, 0) is 42.8 Å². The number of fused-ring (bicyclic) bond motifs is 3. The predicted molar refractivity (Wildman–Crippen MR) is 126 cm³/mol. The highest BCUT2D eigenvalue weighted by molar-refractivity contribution is 6.06. The summed E-state index contributed by atoms with van der Waals surface area (Å²) in [5.41, 5.74) is 1.22. The number of alkyl carbamates (subject to hydrolysis) is 1. The molecule has 0 radical (unpaired) electrons. The molecule has 8 nitrogen and oxygen atoms in total. The third-order valence-electron chi connectivity index (χ3n) is 5.32. The van der Waals surface area contributed by atoms with Crippen LogP contribution >= 0.6 is 0 Å². The van der Waals surface area contributed by atoms with E-state index in [1.54, 1.807) is 37.3 Å². The highest BCUT2D eigenvalue weighted by atomic mass is 16.5. The van der Waals surface area contributed by atoms with E-state index in [2.05, 4.69) is 5.32 Å². The standard InChI is InChI=1S/C26H23NO7/c1-16-22(33-23(28)12-13-27-26(30)32-15-17-6-4-3-5-7-17)11-10-20-19-9-8-18(31-2)14-21(19)25(29)34-24(16)20/h3-11,14H,12-13,15H2,1-2H3,(H,27,30). The van der Waals surface area contributed by atoms with Gasteiger partial charge in [-0.3, -0.25) is 4.79 Å². The summed E-state index contributed by atoms with van der Waals surface area (Å²) in [7, 11) is 1.53.